The lowest BCUT2D eigenvalue weighted by Gasteiger charge is -2.36. The molecule has 0 saturated heterocycles. The summed E-state index contributed by atoms with van der Waals surface area (Å²) in [7, 11) is 9.04. The molecule has 0 aromatic heterocycles. The molecule has 0 N–H and O–H groups in total. The normalized spacial score (nSPS) is 15.1. The monoisotopic (exact) mass is 488 g/mol. The second-order valence-electron chi connectivity index (χ2n) is 8.03. The molecule has 0 aliphatic rings. The summed E-state index contributed by atoms with van der Waals surface area (Å²) < 4.78 is 32.9. The molecule has 31 heavy (non-hydrogen) atoms. The Morgan fingerprint density at radius 1 is 0.581 bits per heavy atom. The van der Waals surface area contributed by atoms with Crippen molar-refractivity contribution in [1.82, 2.24) is 0 Å². The lowest BCUT2D eigenvalue weighted by atomic mass is 9.73. The highest BCUT2D eigenvalue weighted by Gasteiger charge is 2.32. The van der Waals surface area contributed by atoms with Gasteiger partial charge in [-0.3, -0.25) is 0 Å². The fourth-order valence-electron chi connectivity index (χ4n) is 4.42. The summed E-state index contributed by atoms with van der Waals surface area (Å²) in [6.07, 6.45) is 3.51. The zero-order chi connectivity index (χ0) is 23.0. The van der Waals surface area contributed by atoms with E-state index in [2.05, 4.69) is 30.3 Å². The predicted octanol–water partition coefficient (Wildman–Crippen LogP) is 1.59. The Kier molecular flexibility index (Phi) is 15.9. The van der Waals surface area contributed by atoms with Gasteiger partial charge in [0.25, 0.3) is 0 Å². The van der Waals surface area contributed by atoms with Gasteiger partial charge in [0.05, 0.1) is 28.6 Å². The molecule has 0 atom stereocenters. The van der Waals surface area contributed by atoms with Gasteiger partial charge in [0.15, 0.2) is 0 Å². The third-order valence-electron chi connectivity index (χ3n) is 6.25. The first-order valence-electron chi connectivity index (χ1n) is 11.3. The van der Waals surface area contributed by atoms with E-state index in [1.807, 2.05) is 0 Å². The van der Waals surface area contributed by atoms with Crippen molar-refractivity contribution in [3.05, 3.63) is 35.9 Å². The molecule has 1 rings (SSSR count). The minimum absolute atomic E-state index is 0.00468. The van der Waals surface area contributed by atoms with Gasteiger partial charge in [-0.15, -0.1) is 0 Å². The maximum absolute atomic E-state index is 5.49. The molecule has 1 aromatic rings. The van der Waals surface area contributed by atoms with Gasteiger partial charge in [-0.1, -0.05) is 48.5 Å². The molecule has 0 amide bonds. The number of ether oxygens (including phenoxy) is 6. The van der Waals surface area contributed by atoms with Crippen molar-refractivity contribution >= 4 is 28.6 Å². The standard InChI is InChI=1S/C22H44O6Si3/c1-23-19(24-2)29-15-12-22(18-10-8-7-9-11-18,13-16-30-20(25-3)26-4)14-17-31-21(27-5)28-6/h7-11,19-21H,12-17,29-31H2,1-6H3. The van der Waals surface area contributed by atoms with Gasteiger partial charge in [0, 0.05) is 42.7 Å². The Labute approximate surface area is 196 Å². The van der Waals surface area contributed by atoms with E-state index >= 15 is 0 Å². The first-order chi connectivity index (χ1) is 15.1. The molecule has 0 aliphatic carbocycles. The van der Waals surface area contributed by atoms with E-state index in [9.17, 15) is 0 Å². The van der Waals surface area contributed by atoms with Crippen LogP contribution in [0.3, 0.4) is 0 Å². The average Bonchev–Trinajstić information content (AvgIpc) is 2.82. The van der Waals surface area contributed by atoms with Gasteiger partial charge in [-0.05, 0) is 30.2 Å². The van der Waals surface area contributed by atoms with E-state index in [-0.39, 0.29) is 23.2 Å². The fourth-order valence-corrected chi connectivity index (χ4v) is 9.47. The second kappa shape index (κ2) is 17.2. The maximum Gasteiger partial charge on any atom is 0.134 e. The third kappa shape index (κ3) is 10.4. The van der Waals surface area contributed by atoms with Crippen molar-refractivity contribution in [3.63, 3.8) is 0 Å². The van der Waals surface area contributed by atoms with Crippen molar-refractivity contribution in [2.45, 2.75) is 60.5 Å². The van der Waals surface area contributed by atoms with Gasteiger partial charge < -0.3 is 28.4 Å². The quantitative estimate of drug-likeness (QED) is 0.218. The van der Waals surface area contributed by atoms with Crippen molar-refractivity contribution in [3.8, 4) is 0 Å². The summed E-state index contributed by atoms with van der Waals surface area (Å²) in [5, 5.41) is 0. The van der Waals surface area contributed by atoms with Crippen LogP contribution in [0, 0.1) is 0 Å². The smallest absolute Gasteiger partial charge is 0.134 e. The average molecular weight is 489 g/mol. The number of methoxy groups -OCH3 is 6. The maximum atomic E-state index is 5.49. The van der Waals surface area contributed by atoms with Crippen LogP contribution in [0.1, 0.15) is 24.8 Å². The highest BCUT2D eigenvalue weighted by molar-refractivity contribution is 6.37. The lowest BCUT2D eigenvalue weighted by Crippen LogP contribution is -2.32. The molecular weight excluding hydrogens is 444 g/mol. The van der Waals surface area contributed by atoms with Gasteiger partial charge in [-0.2, -0.15) is 0 Å². The molecule has 0 radical (unpaired) electrons. The summed E-state index contributed by atoms with van der Waals surface area (Å²) in [4.78, 5) is 0. The summed E-state index contributed by atoms with van der Waals surface area (Å²) in [5.41, 5.74) is 1.62. The molecular formula is C22H44O6Si3. The summed E-state index contributed by atoms with van der Waals surface area (Å²) in [5.74, 6) is -0.0140. The van der Waals surface area contributed by atoms with Gasteiger partial charge in [0.1, 0.15) is 17.7 Å². The van der Waals surface area contributed by atoms with Crippen LogP contribution in [0.5, 0.6) is 0 Å². The van der Waals surface area contributed by atoms with Crippen molar-refractivity contribution < 1.29 is 28.4 Å². The molecule has 0 unspecified atom stereocenters. The summed E-state index contributed by atoms with van der Waals surface area (Å²) in [6.45, 7) is 0. The molecule has 0 spiro atoms. The van der Waals surface area contributed by atoms with Crippen LogP contribution in [0.25, 0.3) is 0 Å². The Bertz CT molecular complexity index is 494. The minimum atomic E-state index is -0.475. The molecule has 0 fully saturated rings. The molecule has 0 bridgehead atoms. The number of rotatable bonds is 19. The Hall–Kier alpha value is -0.369. The zero-order valence-corrected chi connectivity index (χ0v) is 24.7. The first-order valence-corrected chi connectivity index (χ1v) is 16.8. The van der Waals surface area contributed by atoms with Crippen LogP contribution in [-0.4, -0.2) is 89.0 Å². The van der Waals surface area contributed by atoms with Crippen LogP contribution in [-0.2, 0) is 33.8 Å². The SMILES string of the molecule is COC(OC)[SiH2]CCC(CC[SiH2]C(OC)OC)(CC[SiH2]C(OC)OC)c1ccccc1. The number of hydrogen-bond donors (Lipinski definition) is 0. The van der Waals surface area contributed by atoms with Crippen LogP contribution in [0.4, 0.5) is 0 Å². The van der Waals surface area contributed by atoms with Crippen molar-refractivity contribution in [2.75, 3.05) is 42.7 Å². The summed E-state index contributed by atoms with van der Waals surface area (Å²) in [6, 6.07) is 14.6. The van der Waals surface area contributed by atoms with Crippen LogP contribution in [0.2, 0.25) is 18.1 Å². The topological polar surface area (TPSA) is 55.4 Å². The molecule has 180 valence electrons. The van der Waals surface area contributed by atoms with E-state index in [1.54, 1.807) is 42.7 Å². The molecule has 9 heteroatoms. The largest absolute Gasteiger partial charge is 0.360 e. The molecule has 0 aliphatic heterocycles. The van der Waals surface area contributed by atoms with E-state index < -0.39 is 28.6 Å². The third-order valence-corrected chi connectivity index (χ3v) is 11.9. The zero-order valence-electron chi connectivity index (χ0n) is 20.4. The summed E-state index contributed by atoms with van der Waals surface area (Å²) >= 11 is 0. The Morgan fingerprint density at radius 3 is 1.19 bits per heavy atom. The van der Waals surface area contributed by atoms with Crippen LogP contribution >= 0.6 is 0 Å². The number of benzene rings is 1. The van der Waals surface area contributed by atoms with Crippen LogP contribution in [0.15, 0.2) is 30.3 Å². The first kappa shape index (κ1) is 28.7. The van der Waals surface area contributed by atoms with Gasteiger partial charge >= 0.3 is 0 Å². The molecule has 0 heterocycles. The highest BCUT2D eigenvalue weighted by Crippen LogP contribution is 2.39. The molecule has 6 nitrogen and oxygen atoms in total. The Morgan fingerprint density at radius 2 is 0.903 bits per heavy atom. The highest BCUT2D eigenvalue weighted by atomic mass is 28.2. The Balaban J connectivity index is 3.00. The van der Waals surface area contributed by atoms with Crippen molar-refractivity contribution in [2.24, 2.45) is 0 Å². The second-order valence-corrected chi connectivity index (χ2v) is 13.9. The van der Waals surface area contributed by atoms with Crippen molar-refractivity contribution in [1.29, 1.82) is 0 Å². The fraction of sp³-hybridized carbons (Fsp3) is 0.727. The van der Waals surface area contributed by atoms with E-state index in [4.69, 9.17) is 28.4 Å². The number of hydrogen-bond acceptors (Lipinski definition) is 6. The van der Waals surface area contributed by atoms with E-state index in [0.717, 1.165) is 0 Å². The molecule has 0 saturated carbocycles. The lowest BCUT2D eigenvalue weighted by molar-refractivity contribution is -0.0443. The van der Waals surface area contributed by atoms with E-state index in [1.165, 1.54) is 43.0 Å². The van der Waals surface area contributed by atoms with E-state index in [0.29, 0.717) is 0 Å². The van der Waals surface area contributed by atoms with Gasteiger partial charge in [0.2, 0.25) is 0 Å². The molecule has 1 aromatic carbocycles. The van der Waals surface area contributed by atoms with Crippen LogP contribution < -0.4 is 0 Å². The predicted molar refractivity (Wildman–Crippen MR) is 135 cm³/mol. The minimum Gasteiger partial charge on any atom is -0.360 e. The van der Waals surface area contributed by atoms with Gasteiger partial charge in [-0.25, -0.2) is 0 Å².